The number of amides is 2. The molecule has 6 heteroatoms. The van der Waals surface area contributed by atoms with Gasteiger partial charge in [0.25, 0.3) is 0 Å². The number of carbonyl (C=O) groups is 2. The molecule has 0 aliphatic carbocycles. The number of urea groups is 1. The summed E-state index contributed by atoms with van der Waals surface area (Å²) < 4.78 is 0. The number of hydrogen-bond acceptors (Lipinski definition) is 3. The van der Waals surface area contributed by atoms with Gasteiger partial charge in [-0.25, -0.2) is 14.6 Å². The predicted octanol–water partition coefficient (Wildman–Crippen LogP) is 0.941. The molecule has 2 N–H and O–H groups in total. The van der Waals surface area contributed by atoms with Gasteiger partial charge in [-0.2, -0.15) is 0 Å². The number of aromatic nitrogens is 1. The molecular weight excluding hydrogens is 222 g/mol. The van der Waals surface area contributed by atoms with E-state index in [1.165, 1.54) is 12.3 Å². The van der Waals surface area contributed by atoms with Crippen molar-refractivity contribution in [2.24, 2.45) is 0 Å². The van der Waals surface area contributed by atoms with Crippen molar-refractivity contribution in [1.82, 2.24) is 15.2 Å². The van der Waals surface area contributed by atoms with Gasteiger partial charge < -0.3 is 15.3 Å². The van der Waals surface area contributed by atoms with Gasteiger partial charge in [-0.05, 0) is 18.6 Å². The third-order valence-corrected chi connectivity index (χ3v) is 2.31. The van der Waals surface area contributed by atoms with Crippen molar-refractivity contribution in [2.75, 3.05) is 13.6 Å². The first-order valence-corrected chi connectivity index (χ1v) is 5.21. The van der Waals surface area contributed by atoms with E-state index >= 15 is 0 Å². The van der Waals surface area contributed by atoms with Crippen LogP contribution in [0.5, 0.6) is 0 Å². The Labute approximate surface area is 99.3 Å². The van der Waals surface area contributed by atoms with E-state index in [0.29, 0.717) is 13.1 Å². The molecule has 0 aliphatic rings. The summed E-state index contributed by atoms with van der Waals surface area (Å²) >= 11 is 0. The van der Waals surface area contributed by atoms with Crippen molar-refractivity contribution in [3.05, 3.63) is 29.6 Å². The number of pyridine rings is 1. The molecule has 0 saturated carbocycles. The molecule has 0 radical (unpaired) electrons. The van der Waals surface area contributed by atoms with Crippen molar-refractivity contribution in [3.63, 3.8) is 0 Å². The van der Waals surface area contributed by atoms with Crippen LogP contribution in [0.4, 0.5) is 4.79 Å². The molecule has 0 aromatic carbocycles. The Hall–Kier alpha value is -2.11. The molecule has 2 amide bonds. The highest BCUT2D eigenvalue weighted by Gasteiger charge is 2.06. The Bertz CT molecular complexity index is 403. The minimum absolute atomic E-state index is 0.00856. The summed E-state index contributed by atoms with van der Waals surface area (Å²) in [6, 6.07) is 2.87. The van der Waals surface area contributed by atoms with Crippen molar-refractivity contribution in [1.29, 1.82) is 0 Å². The number of hydrogen-bond donors (Lipinski definition) is 2. The largest absolute Gasteiger partial charge is 0.477 e. The van der Waals surface area contributed by atoms with E-state index in [-0.39, 0.29) is 11.7 Å². The van der Waals surface area contributed by atoms with Crippen LogP contribution in [0.1, 0.15) is 23.0 Å². The summed E-state index contributed by atoms with van der Waals surface area (Å²) in [5.41, 5.74) is 0.749. The number of carboxylic acid groups (broad SMARTS) is 1. The number of nitrogens with zero attached hydrogens (tertiary/aromatic N) is 2. The van der Waals surface area contributed by atoms with E-state index in [4.69, 9.17) is 5.11 Å². The fraction of sp³-hybridized carbons (Fsp3) is 0.364. The summed E-state index contributed by atoms with van der Waals surface area (Å²) in [5.74, 6) is -1.06. The zero-order valence-corrected chi connectivity index (χ0v) is 9.80. The lowest BCUT2D eigenvalue weighted by atomic mass is 10.2. The van der Waals surface area contributed by atoms with Gasteiger partial charge in [-0.15, -0.1) is 0 Å². The minimum atomic E-state index is -1.06. The van der Waals surface area contributed by atoms with Gasteiger partial charge in [0.05, 0.1) is 0 Å². The lowest BCUT2D eigenvalue weighted by Crippen LogP contribution is -2.36. The Balaban J connectivity index is 2.53. The smallest absolute Gasteiger partial charge is 0.354 e. The van der Waals surface area contributed by atoms with Crippen LogP contribution in [-0.4, -0.2) is 40.6 Å². The second-order valence-corrected chi connectivity index (χ2v) is 3.53. The van der Waals surface area contributed by atoms with E-state index in [9.17, 15) is 9.59 Å². The average molecular weight is 237 g/mol. The summed E-state index contributed by atoms with van der Waals surface area (Å²) in [4.78, 5) is 27.3. The van der Waals surface area contributed by atoms with Gasteiger partial charge in [0.1, 0.15) is 5.69 Å². The topological polar surface area (TPSA) is 82.5 Å². The molecule has 0 spiro atoms. The minimum Gasteiger partial charge on any atom is -0.477 e. The fourth-order valence-electron chi connectivity index (χ4n) is 1.11. The summed E-state index contributed by atoms with van der Waals surface area (Å²) in [6.45, 7) is 2.83. The molecule has 0 fully saturated rings. The van der Waals surface area contributed by atoms with Crippen LogP contribution in [0, 0.1) is 0 Å². The maximum absolute atomic E-state index is 11.4. The Kier molecular flexibility index (Phi) is 4.45. The van der Waals surface area contributed by atoms with Crippen LogP contribution in [0.2, 0.25) is 0 Å². The highest BCUT2D eigenvalue weighted by atomic mass is 16.4. The second-order valence-electron chi connectivity index (χ2n) is 3.53. The Morgan fingerprint density at radius 3 is 2.65 bits per heavy atom. The van der Waals surface area contributed by atoms with Crippen molar-refractivity contribution >= 4 is 12.0 Å². The predicted molar refractivity (Wildman–Crippen MR) is 61.7 cm³/mol. The zero-order valence-electron chi connectivity index (χ0n) is 9.80. The van der Waals surface area contributed by atoms with Crippen molar-refractivity contribution in [2.45, 2.75) is 13.5 Å². The molecule has 0 atom stereocenters. The van der Waals surface area contributed by atoms with Crippen LogP contribution in [-0.2, 0) is 6.54 Å². The van der Waals surface area contributed by atoms with E-state index in [0.717, 1.165) is 5.56 Å². The lowest BCUT2D eigenvalue weighted by molar-refractivity contribution is 0.0690. The molecule has 1 rings (SSSR count). The van der Waals surface area contributed by atoms with E-state index in [1.54, 1.807) is 18.0 Å². The van der Waals surface area contributed by atoms with Gasteiger partial charge in [-0.1, -0.05) is 6.07 Å². The van der Waals surface area contributed by atoms with Gasteiger partial charge >= 0.3 is 12.0 Å². The molecule has 92 valence electrons. The summed E-state index contributed by atoms with van der Waals surface area (Å²) in [6.07, 6.45) is 1.44. The molecule has 1 aromatic heterocycles. The van der Waals surface area contributed by atoms with Crippen LogP contribution in [0.3, 0.4) is 0 Å². The second kappa shape index (κ2) is 5.83. The van der Waals surface area contributed by atoms with Crippen molar-refractivity contribution < 1.29 is 14.7 Å². The molecule has 0 aliphatic heterocycles. The lowest BCUT2D eigenvalue weighted by Gasteiger charge is -2.15. The normalized spacial score (nSPS) is 9.76. The quantitative estimate of drug-likeness (QED) is 0.816. The van der Waals surface area contributed by atoms with Crippen LogP contribution in [0.15, 0.2) is 18.3 Å². The first-order chi connectivity index (χ1) is 8.04. The van der Waals surface area contributed by atoms with Crippen molar-refractivity contribution in [3.8, 4) is 0 Å². The third kappa shape index (κ3) is 3.75. The first-order valence-electron chi connectivity index (χ1n) is 5.21. The average Bonchev–Trinajstić information content (AvgIpc) is 2.35. The maximum Gasteiger partial charge on any atom is 0.354 e. The molecule has 0 unspecified atom stereocenters. The third-order valence-electron chi connectivity index (χ3n) is 2.31. The standard InChI is InChI=1S/C11H15N3O3/c1-3-14(2)11(17)13-7-8-4-5-9(10(15)16)12-6-8/h4-6H,3,7H2,1-2H3,(H,13,17)(H,15,16). The van der Waals surface area contributed by atoms with Crippen LogP contribution < -0.4 is 5.32 Å². The van der Waals surface area contributed by atoms with E-state index < -0.39 is 5.97 Å². The molecule has 0 bridgehead atoms. The maximum atomic E-state index is 11.4. The fourth-order valence-corrected chi connectivity index (χ4v) is 1.11. The van der Waals surface area contributed by atoms with Gasteiger partial charge in [0.2, 0.25) is 0 Å². The summed E-state index contributed by atoms with van der Waals surface area (Å²) in [7, 11) is 1.70. The molecule has 0 saturated heterocycles. The van der Waals surface area contributed by atoms with Gasteiger partial charge in [0, 0.05) is 26.3 Å². The van der Waals surface area contributed by atoms with Gasteiger partial charge in [-0.3, -0.25) is 0 Å². The zero-order chi connectivity index (χ0) is 12.8. The molecule has 6 nitrogen and oxygen atoms in total. The number of carbonyl (C=O) groups excluding carboxylic acids is 1. The SMILES string of the molecule is CCN(C)C(=O)NCc1ccc(C(=O)O)nc1. The first kappa shape index (κ1) is 13.0. The summed E-state index contributed by atoms with van der Waals surface area (Å²) in [5, 5.41) is 11.4. The molecule has 17 heavy (non-hydrogen) atoms. The molecule has 1 aromatic rings. The molecular formula is C11H15N3O3. The van der Waals surface area contributed by atoms with Crippen LogP contribution in [0.25, 0.3) is 0 Å². The van der Waals surface area contributed by atoms with Crippen LogP contribution >= 0.6 is 0 Å². The van der Waals surface area contributed by atoms with E-state index in [1.807, 2.05) is 6.92 Å². The monoisotopic (exact) mass is 237 g/mol. The highest BCUT2D eigenvalue weighted by Crippen LogP contribution is 2.00. The number of carboxylic acids is 1. The number of nitrogens with one attached hydrogen (secondary N) is 1. The molecule has 1 heterocycles. The highest BCUT2D eigenvalue weighted by molar-refractivity contribution is 5.85. The van der Waals surface area contributed by atoms with Gasteiger partial charge in [0.15, 0.2) is 0 Å². The Morgan fingerprint density at radius 2 is 2.18 bits per heavy atom. The van der Waals surface area contributed by atoms with E-state index in [2.05, 4.69) is 10.3 Å². The number of rotatable bonds is 4. The Morgan fingerprint density at radius 1 is 1.47 bits per heavy atom. The number of aromatic carboxylic acids is 1.